The summed E-state index contributed by atoms with van der Waals surface area (Å²) in [5.74, 6) is 0.649. The number of hydrogen-bond donors (Lipinski definition) is 1. The van der Waals surface area contributed by atoms with Crippen LogP contribution in [0.25, 0.3) is 10.1 Å². The largest absolute Gasteiger partial charge is 0.495 e. The number of ketones is 1. The molecular weight excluding hydrogens is 368 g/mol. The molecule has 0 unspecified atom stereocenters. The molecule has 5 nitrogen and oxygen atoms in total. The maximum atomic E-state index is 12.6. The Balaban J connectivity index is 1.61. The first-order valence-corrected chi connectivity index (χ1v) is 9.90. The summed E-state index contributed by atoms with van der Waals surface area (Å²) in [6.07, 6.45) is 1.27. The van der Waals surface area contributed by atoms with E-state index in [0.29, 0.717) is 21.3 Å². The number of carbonyl (C=O) groups excluding carboxylic acids is 2. The number of nitrogens with zero attached hydrogens (tertiary/aromatic N) is 1. The minimum Gasteiger partial charge on any atom is -0.495 e. The van der Waals surface area contributed by atoms with Gasteiger partial charge in [0.15, 0.2) is 10.9 Å². The third kappa shape index (κ3) is 3.01. The molecule has 0 saturated heterocycles. The van der Waals surface area contributed by atoms with E-state index in [1.54, 1.807) is 7.11 Å². The van der Waals surface area contributed by atoms with E-state index in [2.05, 4.69) is 24.1 Å². The van der Waals surface area contributed by atoms with Crippen molar-refractivity contribution < 1.29 is 14.3 Å². The van der Waals surface area contributed by atoms with Crippen LogP contribution in [0, 0.1) is 5.41 Å². The van der Waals surface area contributed by atoms with E-state index in [1.807, 2.05) is 24.3 Å². The summed E-state index contributed by atoms with van der Waals surface area (Å²) in [6.45, 7) is 4.13. The Bertz CT molecular complexity index is 1030. The number of anilines is 1. The molecule has 4 rings (SSSR count). The molecule has 0 spiro atoms. The van der Waals surface area contributed by atoms with Gasteiger partial charge in [0.25, 0.3) is 5.91 Å². The van der Waals surface area contributed by atoms with Crippen molar-refractivity contribution in [1.82, 2.24) is 4.98 Å². The lowest BCUT2D eigenvalue weighted by atomic mass is 9.78. The highest BCUT2D eigenvalue weighted by Gasteiger charge is 2.34. The third-order valence-corrected chi connectivity index (χ3v) is 6.63. The number of nitrogens with one attached hydrogen (secondary N) is 1. The van der Waals surface area contributed by atoms with Crippen LogP contribution in [0.4, 0.5) is 5.13 Å². The molecule has 0 saturated carbocycles. The van der Waals surface area contributed by atoms with Crippen molar-refractivity contribution in [2.75, 3.05) is 12.4 Å². The predicted molar refractivity (Wildman–Crippen MR) is 105 cm³/mol. The van der Waals surface area contributed by atoms with Crippen LogP contribution >= 0.6 is 22.7 Å². The SMILES string of the molecule is COc1cccc2cc(C(=O)Nc3nc4c(s3)C(=O)CC(C)(C)C4)sc12. The number of Topliss-reactive ketones (excluding diaryl/α,β-unsaturated/α-hetero) is 1. The van der Waals surface area contributed by atoms with Gasteiger partial charge in [0.05, 0.1) is 27.3 Å². The molecule has 0 fully saturated rings. The number of rotatable bonds is 3. The number of amides is 1. The summed E-state index contributed by atoms with van der Waals surface area (Å²) in [4.78, 5) is 30.7. The number of hydrogen-bond acceptors (Lipinski definition) is 6. The van der Waals surface area contributed by atoms with E-state index in [1.165, 1.54) is 22.7 Å². The molecule has 1 amide bonds. The van der Waals surface area contributed by atoms with Gasteiger partial charge in [-0.1, -0.05) is 37.3 Å². The van der Waals surface area contributed by atoms with Crippen molar-refractivity contribution in [3.8, 4) is 5.75 Å². The average Bonchev–Trinajstić information content (AvgIpc) is 3.17. The maximum Gasteiger partial charge on any atom is 0.267 e. The van der Waals surface area contributed by atoms with Crippen LogP contribution in [0.3, 0.4) is 0 Å². The van der Waals surface area contributed by atoms with Crippen LogP contribution in [0.5, 0.6) is 5.75 Å². The van der Waals surface area contributed by atoms with Gasteiger partial charge in [-0.25, -0.2) is 4.98 Å². The summed E-state index contributed by atoms with van der Waals surface area (Å²) in [7, 11) is 1.62. The molecule has 0 bridgehead atoms. The Morgan fingerprint density at radius 2 is 2.08 bits per heavy atom. The summed E-state index contributed by atoms with van der Waals surface area (Å²) in [6, 6.07) is 7.58. The Hall–Kier alpha value is -2.25. The molecule has 7 heteroatoms. The normalized spacial score (nSPS) is 15.7. The van der Waals surface area contributed by atoms with E-state index in [-0.39, 0.29) is 17.1 Å². The van der Waals surface area contributed by atoms with Gasteiger partial charge in [-0.05, 0) is 29.4 Å². The zero-order valence-corrected chi connectivity index (χ0v) is 16.3. The van der Waals surface area contributed by atoms with Crippen LogP contribution in [0.1, 0.15) is 45.3 Å². The molecule has 2 heterocycles. The Morgan fingerprint density at radius 3 is 2.85 bits per heavy atom. The summed E-state index contributed by atoms with van der Waals surface area (Å²) in [5.41, 5.74) is 0.714. The van der Waals surface area contributed by atoms with Gasteiger partial charge in [-0.2, -0.15) is 0 Å². The smallest absolute Gasteiger partial charge is 0.267 e. The molecule has 0 aliphatic heterocycles. The van der Waals surface area contributed by atoms with Crippen LogP contribution in [-0.2, 0) is 6.42 Å². The maximum absolute atomic E-state index is 12.6. The lowest BCUT2D eigenvalue weighted by Gasteiger charge is -2.26. The van der Waals surface area contributed by atoms with Crippen molar-refractivity contribution in [1.29, 1.82) is 0 Å². The van der Waals surface area contributed by atoms with E-state index in [9.17, 15) is 9.59 Å². The standard InChI is InChI=1S/C19H18N2O3S2/c1-19(2)8-11-16(12(22)9-19)26-18(20-11)21-17(23)14-7-10-5-4-6-13(24-3)15(10)25-14/h4-7H,8-9H2,1-3H3,(H,20,21,23). The van der Waals surface area contributed by atoms with E-state index < -0.39 is 0 Å². The third-order valence-electron chi connectivity index (χ3n) is 4.41. The van der Waals surface area contributed by atoms with Gasteiger partial charge in [0.2, 0.25) is 0 Å². The van der Waals surface area contributed by atoms with E-state index >= 15 is 0 Å². The van der Waals surface area contributed by atoms with Gasteiger partial charge in [0.1, 0.15) is 5.75 Å². The van der Waals surface area contributed by atoms with Crippen molar-refractivity contribution in [3.05, 3.63) is 39.7 Å². The first kappa shape index (κ1) is 17.2. The molecular formula is C19H18N2O3S2. The molecule has 2 aromatic heterocycles. The van der Waals surface area contributed by atoms with E-state index in [4.69, 9.17) is 4.74 Å². The minimum absolute atomic E-state index is 0.0819. The average molecular weight is 386 g/mol. The Labute approximate surface area is 159 Å². The van der Waals surface area contributed by atoms with Crippen molar-refractivity contribution in [2.45, 2.75) is 26.7 Å². The first-order valence-electron chi connectivity index (χ1n) is 8.27. The van der Waals surface area contributed by atoms with Crippen molar-refractivity contribution in [3.63, 3.8) is 0 Å². The molecule has 1 aromatic carbocycles. The van der Waals surface area contributed by atoms with Gasteiger partial charge < -0.3 is 4.74 Å². The zero-order valence-electron chi connectivity index (χ0n) is 14.7. The lowest BCUT2D eigenvalue weighted by Crippen LogP contribution is -2.26. The molecule has 134 valence electrons. The van der Waals surface area contributed by atoms with Crippen LogP contribution in [0.2, 0.25) is 0 Å². The van der Waals surface area contributed by atoms with Crippen LogP contribution in [-0.4, -0.2) is 23.8 Å². The first-order chi connectivity index (χ1) is 12.4. The second-order valence-electron chi connectivity index (χ2n) is 7.18. The molecule has 3 aromatic rings. The molecule has 1 aliphatic rings. The molecule has 0 atom stereocenters. The fourth-order valence-electron chi connectivity index (χ4n) is 3.24. The van der Waals surface area contributed by atoms with Crippen molar-refractivity contribution >= 4 is 49.6 Å². The number of aromatic nitrogens is 1. The second-order valence-corrected chi connectivity index (χ2v) is 9.23. The Morgan fingerprint density at radius 1 is 1.27 bits per heavy atom. The topological polar surface area (TPSA) is 68.3 Å². The fraction of sp³-hybridized carbons (Fsp3) is 0.316. The second kappa shape index (κ2) is 6.17. The predicted octanol–water partition coefficient (Wildman–Crippen LogP) is 4.77. The Kier molecular flexibility index (Phi) is 4.08. The van der Waals surface area contributed by atoms with Crippen LogP contribution in [0.15, 0.2) is 24.3 Å². The van der Waals surface area contributed by atoms with Crippen LogP contribution < -0.4 is 10.1 Å². The summed E-state index contributed by atoms with van der Waals surface area (Å²) in [5, 5.41) is 4.30. The number of thiazole rings is 1. The number of carbonyl (C=O) groups is 2. The highest BCUT2D eigenvalue weighted by atomic mass is 32.1. The monoisotopic (exact) mass is 386 g/mol. The molecule has 1 N–H and O–H groups in total. The van der Waals surface area contributed by atoms with Crippen molar-refractivity contribution in [2.24, 2.45) is 5.41 Å². The number of ether oxygens (including phenoxy) is 1. The molecule has 0 radical (unpaired) electrons. The van der Waals surface area contributed by atoms with Gasteiger partial charge in [-0.15, -0.1) is 11.3 Å². The highest BCUT2D eigenvalue weighted by Crippen LogP contribution is 2.39. The highest BCUT2D eigenvalue weighted by molar-refractivity contribution is 7.21. The zero-order chi connectivity index (χ0) is 18.5. The number of fused-ring (bicyclic) bond motifs is 2. The quantitative estimate of drug-likeness (QED) is 0.704. The lowest BCUT2D eigenvalue weighted by molar-refractivity contribution is 0.0915. The summed E-state index contributed by atoms with van der Waals surface area (Å²) < 4.78 is 6.30. The van der Waals surface area contributed by atoms with E-state index in [0.717, 1.165) is 28.0 Å². The molecule has 1 aliphatic carbocycles. The minimum atomic E-state index is -0.217. The number of benzene rings is 1. The summed E-state index contributed by atoms with van der Waals surface area (Å²) >= 11 is 2.65. The number of thiophene rings is 1. The molecule has 26 heavy (non-hydrogen) atoms. The number of methoxy groups -OCH3 is 1. The van der Waals surface area contributed by atoms with Gasteiger partial charge in [-0.3, -0.25) is 14.9 Å². The van der Waals surface area contributed by atoms with Gasteiger partial charge >= 0.3 is 0 Å². The van der Waals surface area contributed by atoms with Gasteiger partial charge in [0, 0.05) is 6.42 Å². The fourth-order valence-corrected chi connectivity index (χ4v) is 5.20.